The van der Waals surface area contributed by atoms with Gasteiger partial charge in [0, 0.05) is 17.8 Å². The number of phenolic OH excluding ortho intramolecular Hbond substituents is 1. The lowest BCUT2D eigenvalue weighted by Gasteiger charge is -2.08. The van der Waals surface area contributed by atoms with E-state index in [0.717, 1.165) is 11.8 Å². The van der Waals surface area contributed by atoms with Gasteiger partial charge in [-0.15, -0.1) is 0 Å². The van der Waals surface area contributed by atoms with Gasteiger partial charge in [-0.2, -0.15) is 0 Å². The molecule has 122 valence electrons. The van der Waals surface area contributed by atoms with E-state index in [2.05, 4.69) is 10.0 Å². The molecule has 23 heavy (non-hydrogen) atoms. The van der Waals surface area contributed by atoms with Crippen molar-refractivity contribution in [2.24, 2.45) is 0 Å². The second-order valence-electron chi connectivity index (χ2n) is 4.92. The van der Waals surface area contributed by atoms with Crippen LogP contribution in [0.5, 0.6) is 5.75 Å². The summed E-state index contributed by atoms with van der Waals surface area (Å²) in [6, 6.07) is 10.8. The molecule has 0 aliphatic rings. The summed E-state index contributed by atoms with van der Waals surface area (Å²) < 4.78 is 24.6. The summed E-state index contributed by atoms with van der Waals surface area (Å²) in [7, 11) is -3.31. The molecule has 0 radical (unpaired) electrons. The minimum atomic E-state index is -3.31. The molecule has 2 aromatic rings. The molecular formula is C15H15ClN2O4S. The molecule has 0 aromatic heterocycles. The van der Waals surface area contributed by atoms with Crippen LogP contribution < -0.4 is 10.0 Å². The molecule has 0 aliphatic carbocycles. The average molecular weight is 355 g/mol. The smallest absolute Gasteiger partial charge is 0.251 e. The molecule has 0 aliphatic heterocycles. The van der Waals surface area contributed by atoms with Crippen LogP contribution in [-0.2, 0) is 16.6 Å². The predicted octanol–water partition coefficient (Wildman–Crippen LogP) is 2.35. The van der Waals surface area contributed by atoms with E-state index in [-0.39, 0.29) is 23.2 Å². The maximum absolute atomic E-state index is 12.0. The van der Waals surface area contributed by atoms with Crippen LogP contribution in [0.3, 0.4) is 0 Å². The summed E-state index contributed by atoms with van der Waals surface area (Å²) in [4.78, 5) is 12.0. The number of hydrogen-bond donors (Lipinski definition) is 3. The number of phenols is 1. The number of carbonyl (C=O) groups excluding carboxylic acids is 1. The van der Waals surface area contributed by atoms with Crippen molar-refractivity contribution >= 4 is 33.2 Å². The Morgan fingerprint density at radius 3 is 2.39 bits per heavy atom. The third-order valence-electron chi connectivity index (χ3n) is 2.92. The van der Waals surface area contributed by atoms with E-state index >= 15 is 0 Å². The van der Waals surface area contributed by atoms with Gasteiger partial charge >= 0.3 is 0 Å². The third-order valence-corrected chi connectivity index (χ3v) is 3.83. The summed E-state index contributed by atoms with van der Waals surface area (Å²) >= 11 is 5.76. The number of rotatable bonds is 5. The van der Waals surface area contributed by atoms with Gasteiger partial charge in [-0.1, -0.05) is 23.7 Å². The Bertz CT molecular complexity index is 820. The Kier molecular flexibility index (Phi) is 5.12. The van der Waals surface area contributed by atoms with Crippen molar-refractivity contribution in [3.05, 3.63) is 58.6 Å². The van der Waals surface area contributed by atoms with Gasteiger partial charge in [-0.25, -0.2) is 8.42 Å². The number of benzene rings is 2. The molecule has 0 saturated heterocycles. The van der Waals surface area contributed by atoms with Gasteiger partial charge in [0.15, 0.2) is 0 Å². The zero-order valence-corrected chi connectivity index (χ0v) is 13.8. The second kappa shape index (κ2) is 6.89. The zero-order chi connectivity index (χ0) is 17.0. The van der Waals surface area contributed by atoms with Crippen molar-refractivity contribution in [1.29, 1.82) is 0 Å². The molecule has 0 unspecified atom stereocenters. The van der Waals surface area contributed by atoms with E-state index in [1.54, 1.807) is 24.3 Å². The van der Waals surface area contributed by atoms with E-state index in [0.29, 0.717) is 11.3 Å². The van der Waals surface area contributed by atoms with E-state index in [9.17, 15) is 18.3 Å². The molecule has 0 fully saturated rings. The molecule has 0 heterocycles. The van der Waals surface area contributed by atoms with Crippen LogP contribution in [0.2, 0.25) is 5.02 Å². The topological polar surface area (TPSA) is 95.5 Å². The first-order valence-electron chi connectivity index (χ1n) is 6.58. The predicted molar refractivity (Wildman–Crippen MR) is 89.2 cm³/mol. The normalized spacial score (nSPS) is 11.0. The van der Waals surface area contributed by atoms with Crippen LogP contribution in [0.1, 0.15) is 15.9 Å². The van der Waals surface area contributed by atoms with Crippen molar-refractivity contribution in [1.82, 2.24) is 5.32 Å². The number of sulfonamides is 1. The highest BCUT2D eigenvalue weighted by Crippen LogP contribution is 2.23. The molecule has 6 nitrogen and oxygen atoms in total. The van der Waals surface area contributed by atoms with E-state index in [1.807, 2.05) is 0 Å². The molecule has 0 spiro atoms. The average Bonchev–Trinajstić information content (AvgIpc) is 2.47. The van der Waals surface area contributed by atoms with Gasteiger partial charge < -0.3 is 10.4 Å². The number of carbonyl (C=O) groups is 1. The van der Waals surface area contributed by atoms with Crippen LogP contribution in [0, 0.1) is 0 Å². The molecule has 0 atom stereocenters. The molecule has 2 rings (SSSR count). The molecule has 0 saturated carbocycles. The molecule has 8 heteroatoms. The Morgan fingerprint density at radius 1 is 1.17 bits per heavy atom. The SMILES string of the molecule is CS(=O)(=O)Nc1ccc(CNC(=O)c2ccc(O)c(Cl)c2)cc1. The van der Waals surface area contributed by atoms with E-state index in [4.69, 9.17) is 11.6 Å². The van der Waals surface area contributed by atoms with Crippen molar-refractivity contribution in [2.45, 2.75) is 6.54 Å². The summed E-state index contributed by atoms with van der Waals surface area (Å²) in [6.07, 6.45) is 1.07. The van der Waals surface area contributed by atoms with Crippen molar-refractivity contribution in [3.63, 3.8) is 0 Å². The van der Waals surface area contributed by atoms with Gasteiger partial charge in [0.1, 0.15) is 5.75 Å². The first-order valence-corrected chi connectivity index (χ1v) is 8.85. The molecule has 1 amide bonds. The highest BCUT2D eigenvalue weighted by atomic mass is 35.5. The fourth-order valence-electron chi connectivity index (χ4n) is 1.84. The highest BCUT2D eigenvalue weighted by Gasteiger charge is 2.08. The Morgan fingerprint density at radius 2 is 1.83 bits per heavy atom. The summed E-state index contributed by atoms with van der Waals surface area (Å²) in [5.41, 5.74) is 1.60. The largest absolute Gasteiger partial charge is 0.506 e. The van der Waals surface area contributed by atoms with E-state index < -0.39 is 10.0 Å². The maximum atomic E-state index is 12.0. The van der Waals surface area contributed by atoms with Crippen LogP contribution in [0.4, 0.5) is 5.69 Å². The van der Waals surface area contributed by atoms with Crippen LogP contribution in [-0.4, -0.2) is 25.7 Å². The zero-order valence-electron chi connectivity index (χ0n) is 12.2. The van der Waals surface area contributed by atoms with Gasteiger partial charge in [0.2, 0.25) is 10.0 Å². The minimum absolute atomic E-state index is 0.0859. The number of hydrogen-bond acceptors (Lipinski definition) is 4. The first kappa shape index (κ1) is 17.1. The quantitative estimate of drug-likeness (QED) is 0.768. The number of nitrogens with one attached hydrogen (secondary N) is 2. The standard InChI is InChI=1S/C15H15ClN2O4S/c1-23(21,22)18-12-5-2-10(3-6-12)9-17-15(20)11-4-7-14(19)13(16)8-11/h2-8,18-19H,9H2,1H3,(H,17,20). The lowest BCUT2D eigenvalue weighted by molar-refractivity contribution is 0.0951. The van der Waals surface area contributed by atoms with Gasteiger partial charge in [-0.05, 0) is 35.9 Å². The summed E-state index contributed by atoms with van der Waals surface area (Å²) in [5, 5.41) is 12.1. The van der Waals surface area contributed by atoms with Gasteiger partial charge in [0.25, 0.3) is 5.91 Å². The lowest BCUT2D eigenvalue weighted by Crippen LogP contribution is -2.22. The Labute approximate surface area is 139 Å². The summed E-state index contributed by atoms with van der Waals surface area (Å²) in [5.74, 6) is -0.414. The minimum Gasteiger partial charge on any atom is -0.506 e. The van der Waals surface area contributed by atoms with E-state index in [1.165, 1.54) is 18.2 Å². The number of amides is 1. The molecule has 2 aromatic carbocycles. The second-order valence-corrected chi connectivity index (χ2v) is 7.08. The van der Waals surface area contributed by atoms with Crippen LogP contribution >= 0.6 is 11.6 Å². The lowest BCUT2D eigenvalue weighted by atomic mass is 10.2. The Balaban J connectivity index is 1.97. The van der Waals surface area contributed by atoms with Crippen molar-refractivity contribution in [3.8, 4) is 5.75 Å². The maximum Gasteiger partial charge on any atom is 0.251 e. The van der Waals surface area contributed by atoms with Crippen LogP contribution in [0.25, 0.3) is 0 Å². The first-order chi connectivity index (χ1) is 10.7. The van der Waals surface area contributed by atoms with Gasteiger partial charge in [0.05, 0.1) is 11.3 Å². The number of halogens is 1. The highest BCUT2D eigenvalue weighted by molar-refractivity contribution is 7.92. The monoisotopic (exact) mass is 354 g/mol. The molecule has 3 N–H and O–H groups in total. The number of aromatic hydroxyl groups is 1. The van der Waals surface area contributed by atoms with Crippen LogP contribution in [0.15, 0.2) is 42.5 Å². The fraction of sp³-hybridized carbons (Fsp3) is 0.133. The molecular weight excluding hydrogens is 340 g/mol. The summed E-state index contributed by atoms with van der Waals surface area (Å²) in [6.45, 7) is 0.274. The number of anilines is 1. The van der Waals surface area contributed by atoms with Crippen molar-refractivity contribution < 1.29 is 18.3 Å². The fourth-order valence-corrected chi connectivity index (χ4v) is 2.58. The molecule has 0 bridgehead atoms. The Hall–Kier alpha value is -2.25. The van der Waals surface area contributed by atoms with Gasteiger partial charge in [-0.3, -0.25) is 9.52 Å². The third kappa shape index (κ3) is 5.15. The van der Waals surface area contributed by atoms with Crippen molar-refractivity contribution in [2.75, 3.05) is 11.0 Å².